The minimum absolute atomic E-state index is 0.0753. The van der Waals surface area contributed by atoms with Gasteiger partial charge in [0.15, 0.2) is 0 Å². The van der Waals surface area contributed by atoms with Crippen molar-refractivity contribution in [3.05, 3.63) is 83.2 Å². The van der Waals surface area contributed by atoms with E-state index < -0.39 is 12.2 Å². The second-order valence-electron chi connectivity index (χ2n) is 7.60. The summed E-state index contributed by atoms with van der Waals surface area (Å²) >= 11 is 0. The second-order valence-corrected chi connectivity index (χ2v) is 7.60. The third kappa shape index (κ3) is 5.14. The van der Waals surface area contributed by atoms with Gasteiger partial charge in [0.1, 0.15) is 18.1 Å². The highest BCUT2D eigenvalue weighted by molar-refractivity contribution is 5.85. The summed E-state index contributed by atoms with van der Waals surface area (Å²) in [6.45, 7) is 3.69. The number of hydrogen-bond donors (Lipinski definition) is 1. The van der Waals surface area contributed by atoms with Gasteiger partial charge in [-0.05, 0) is 67.4 Å². The van der Waals surface area contributed by atoms with E-state index in [1.54, 1.807) is 13.0 Å². The average Bonchev–Trinajstić information content (AvgIpc) is 2.82. The molecule has 6 nitrogen and oxygen atoms in total. The Hall–Kier alpha value is -4.01. The molecule has 0 bridgehead atoms. The average molecular weight is 465 g/mol. The Balaban J connectivity index is 1.87. The standard InChI is InChI=1S/C25H22F3N5O/c1-3-18-5-4-6-19(31-18)13-34-24-21(16-11-14(2)30-20(12-16)23(27)28)22(32-25(29)33-24)15-7-9-17(26)10-8-15/h4-12,23H,3,13H2,1-2H3,(H2,29,32,33). The molecule has 1 aromatic carbocycles. The van der Waals surface area contributed by atoms with Crippen LogP contribution in [0.1, 0.15) is 36.1 Å². The Morgan fingerprint density at radius 3 is 2.35 bits per heavy atom. The molecule has 9 heteroatoms. The van der Waals surface area contributed by atoms with Gasteiger partial charge in [-0.15, -0.1) is 0 Å². The molecule has 3 aromatic heterocycles. The van der Waals surface area contributed by atoms with Gasteiger partial charge in [-0.25, -0.2) is 18.2 Å². The lowest BCUT2D eigenvalue weighted by molar-refractivity contribution is 0.146. The molecule has 0 atom stereocenters. The molecule has 3 heterocycles. The normalized spacial score (nSPS) is 11.1. The van der Waals surface area contributed by atoms with Gasteiger partial charge in [-0.2, -0.15) is 4.98 Å². The summed E-state index contributed by atoms with van der Waals surface area (Å²) in [5, 5.41) is 0. The number of pyridine rings is 2. The third-order valence-corrected chi connectivity index (χ3v) is 5.08. The number of nitrogen functional groups attached to an aromatic ring is 1. The molecular formula is C25H22F3N5O. The Morgan fingerprint density at radius 2 is 1.65 bits per heavy atom. The number of aromatic nitrogens is 4. The van der Waals surface area contributed by atoms with E-state index in [0.717, 1.165) is 12.1 Å². The highest BCUT2D eigenvalue weighted by atomic mass is 19.3. The fraction of sp³-hybridized carbons (Fsp3) is 0.200. The number of aryl methyl sites for hydroxylation is 2. The minimum Gasteiger partial charge on any atom is -0.471 e. The highest BCUT2D eigenvalue weighted by Gasteiger charge is 2.21. The number of nitrogens with zero attached hydrogens (tertiary/aromatic N) is 4. The Morgan fingerprint density at radius 1 is 0.912 bits per heavy atom. The van der Waals surface area contributed by atoms with Gasteiger partial charge < -0.3 is 10.5 Å². The SMILES string of the molecule is CCc1cccc(COc2nc(N)nc(-c3ccc(F)cc3)c2-c2cc(C)nc(C(F)F)c2)n1. The summed E-state index contributed by atoms with van der Waals surface area (Å²) in [7, 11) is 0. The van der Waals surface area contributed by atoms with Crippen molar-refractivity contribution in [2.75, 3.05) is 5.73 Å². The quantitative estimate of drug-likeness (QED) is 0.376. The van der Waals surface area contributed by atoms with Crippen molar-refractivity contribution in [2.24, 2.45) is 0 Å². The zero-order chi connectivity index (χ0) is 24.2. The van der Waals surface area contributed by atoms with Gasteiger partial charge in [0.05, 0.1) is 17.0 Å². The molecule has 0 amide bonds. The Kier molecular flexibility index (Phi) is 6.72. The number of anilines is 1. The first kappa shape index (κ1) is 23.2. The molecule has 2 N–H and O–H groups in total. The molecule has 0 unspecified atom stereocenters. The maximum absolute atomic E-state index is 13.6. The van der Waals surface area contributed by atoms with Crippen molar-refractivity contribution in [3.8, 4) is 28.3 Å². The number of ether oxygens (including phenoxy) is 1. The van der Waals surface area contributed by atoms with Crippen LogP contribution in [0, 0.1) is 12.7 Å². The molecule has 34 heavy (non-hydrogen) atoms. The predicted molar refractivity (Wildman–Crippen MR) is 123 cm³/mol. The number of hydrogen-bond acceptors (Lipinski definition) is 6. The van der Waals surface area contributed by atoms with Crippen LogP contribution >= 0.6 is 0 Å². The first-order valence-electron chi connectivity index (χ1n) is 10.6. The summed E-state index contributed by atoms with van der Waals surface area (Å²) < 4.78 is 46.6. The summed E-state index contributed by atoms with van der Waals surface area (Å²) in [6.07, 6.45) is -2.01. The zero-order valence-corrected chi connectivity index (χ0v) is 18.6. The van der Waals surface area contributed by atoms with E-state index in [1.807, 2.05) is 25.1 Å². The van der Waals surface area contributed by atoms with Crippen molar-refractivity contribution < 1.29 is 17.9 Å². The Labute approximate surface area is 194 Å². The monoisotopic (exact) mass is 465 g/mol. The van der Waals surface area contributed by atoms with Crippen LogP contribution in [0.15, 0.2) is 54.6 Å². The van der Waals surface area contributed by atoms with Crippen LogP contribution in [-0.4, -0.2) is 19.9 Å². The van der Waals surface area contributed by atoms with E-state index >= 15 is 0 Å². The van der Waals surface area contributed by atoms with Gasteiger partial charge >= 0.3 is 0 Å². The molecule has 4 rings (SSSR count). The molecule has 0 aliphatic heterocycles. The maximum Gasteiger partial charge on any atom is 0.280 e. The van der Waals surface area contributed by atoms with E-state index in [2.05, 4.69) is 19.9 Å². The first-order chi connectivity index (χ1) is 16.3. The van der Waals surface area contributed by atoms with Gasteiger partial charge in [-0.3, -0.25) is 9.97 Å². The summed E-state index contributed by atoms with van der Waals surface area (Å²) in [6, 6.07) is 14.1. The predicted octanol–water partition coefficient (Wildman–Crippen LogP) is 5.71. The fourth-order valence-corrected chi connectivity index (χ4v) is 3.54. The molecule has 0 saturated carbocycles. The van der Waals surface area contributed by atoms with Crippen molar-refractivity contribution >= 4 is 5.95 Å². The summed E-state index contributed by atoms with van der Waals surface area (Å²) in [5.41, 5.74) is 9.12. The smallest absolute Gasteiger partial charge is 0.280 e. The van der Waals surface area contributed by atoms with Crippen LogP contribution in [0.25, 0.3) is 22.4 Å². The second kappa shape index (κ2) is 9.86. The topological polar surface area (TPSA) is 86.8 Å². The van der Waals surface area contributed by atoms with Crippen LogP contribution in [0.4, 0.5) is 19.1 Å². The van der Waals surface area contributed by atoms with E-state index in [-0.39, 0.29) is 24.1 Å². The number of nitrogens with two attached hydrogens (primary N) is 1. The number of rotatable bonds is 7. The van der Waals surface area contributed by atoms with E-state index in [9.17, 15) is 13.2 Å². The van der Waals surface area contributed by atoms with Crippen LogP contribution < -0.4 is 10.5 Å². The summed E-state index contributed by atoms with van der Waals surface area (Å²) in [5.74, 6) is -0.403. The highest BCUT2D eigenvalue weighted by Crippen LogP contribution is 2.39. The first-order valence-corrected chi connectivity index (χ1v) is 10.6. The van der Waals surface area contributed by atoms with Crippen molar-refractivity contribution in [2.45, 2.75) is 33.3 Å². The minimum atomic E-state index is -2.77. The van der Waals surface area contributed by atoms with E-state index in [0.29, 0.717) is 33.8 Å². The molecule has 0 aliphatic carbocycles. The largest absolute Gasteiger partial charge is 0.471 e. The van der Waals surface area contributed by atoms with Crippen LogP contribution in [0.3, 0.4) is 0 Å². The number of halogens is 3. The van der Waals surface area contributed by atoms with Crippen LogP contribution in [0.5, 0.6) is 5.88 Å². The van der Waals surface area contributed by atoms with E-state index in [1.165, 1.54) is 30.3 Å². The molecule has 0 saturated heterocycles. The van der Waals surface area contributed by atoms with Gasteiger partial charge in [0.2, 0.25) is 11.8 Å². The molecule has 174 valence electrons. The van der Waals surface area contributed by atoms with Crippen molar-refractivity contribution in [3.63, 3.8) is 0 Å². The van der Waals surface area contributed by atoms with Crippen LogP contribution in [-0.2, 0) is 13.0 Å². The number of alkyl halides is 2. The van der Waals surface area contributed by atoms with Gasteiger partial charge in [-0.1, -0.05) is 13.0 Å². The van der Waals surface area contributed by atoms with Crippen LogP contribution in [0.2, 0.25) is 0 Å². The van der Waals surface area contributed by atoms with Crippen molar-refractivity contribution in [1.82, 2.24) is 19.9 Å². The lowest BCUT2D eigenvalue weighted by Crippen LogP contribution is -2.07. The lowest BCUT2D eigenvalue weighted by atomic mass is 9.99. The van der Waals surface area contributed by atoms with Gasteiger partial charge in [0.25, 0.3) is 6.43 Å². The fourth-order valence-electron chi connectivity index (χ4n) is 3.54. The molecule has 4 aromatic rings. The third-order valence-electron chi connectivity index (χ3n) is 5.08. The molecular weight excluding hydrogens is 443 g/mol. The van der Waals surface area contributed by atoms with E-state index in [4.69, 9.17) is 10.5 Å². The summed E-state index contributed by atoms with van der Waals surface area (Å²) in [4.78, 5) is 17.0. The van der Waals surface area contributed by atoms with Gasteiger partial charge in [0, 0.05) is 17.0 Å². The molecule has 0 fully saturated rings. The molecule has 0 spiro atoms. The lowest BCUT2D eigenvalue weighted by Gasteiger charge is -2.16. The van der Waals surface area contributed by atoms with Crippen molar-refractivity contribution in [1.29, 1.82) is 0 Å². The Bertz CT molecular complexity index is 1310. The molecule has 0 aliphatic rings. The zero-order valence-electron chi connectivity index (χ0n) is 18.6. The number of benzene rings is 1. The maximum atomic E-state index is 13.6. The molecule has 0 radical (unpaired) electrons.